The van der Waals surface area contributed by atoms with Gasteiger partial charge in [0.1, 0.15) is 18.1 Å². The van der Waals surface area contributed by atoms with Crippen LogP contribution in [-0.4, -0.2) is 37.1 Å². The largest absolute Gasteiger partial charge is 0.481 e. The number of H-pyrrole nitrogens is 2. The highest BCUT2D eigenvalue weighted by atomic mass is 19.1. The molecule has 26 heavy (non-hydrogen) atoms. The Kier molecular flexibility index (Phi) is 4.70. The van der Waals surface area contributed by atoms with Crippen LogP contribution in [0.4, 0.5) is 4.39 Å². The minimum absolute atomic E-state index is 0.0754. The normalized spacial score (nSPS) is 12.3. The quantitative estimate of drug-likeness (QED) is 0.534. The fraction of sp³-hybridized carbons (Fsp3) is 0.294. The first-order valence-corrected chi connectivity index (χ1v) is 8.02. The Morgan fingerprint density at radius 2 is 2.12 bits per heavy atom. The van der Waals surface area contributed by atoms with Crippen LogP contribution in [0.1, 0.15) is 35.9 Å². The number of nitrogens with zero attached hydrogens (tertiary/aromatic N) is 2. The summed E-state index contributed by atoms with van der Waals surface area (Å²) in [6.45, 7) is 3.53. The number of nitrogens with one attached hydrogen (secondary N) is 3. The number of carbonyl (C=O) groups excluding carboxylic acids is 1. The predicted molar refractivity (Wildman–Crippen MR) is 91.0 cm³/mol. The zero-order chi connectivity index (χ0) is 18.8. The second-order valence-corrected chi connectivity index (χ2v) is 6.10. The minimum atomic E-state index is -1.02. The van der Waals surface area contributed by atoms with E-state index in [0.717, 1.165) is 16.8 Å². The van der Waals surface area contributed by atoms with Gasteiger partial charge in [0.25, 0.3) is 0 Å². The topological polar surface area (TPSA) is 124 Å². The first-order valence-electron chi connectivity index (χ1n) is 8.02. The van der Waals surface area contributed by atoms with Gasteiger partial charge in [-0.05, 0) is 37.6 Å². The van der Waals surface area contributed by atoms with Crippen LogP contribution in [0.2, 0.25) is 0 Å². The maximum Gasteiger partial charge on any atom is 0.311 e. The van der Waals surface area contributed by atoms with Gasteiger partial charge in [0, 0.05) is 16.6 Å². The second kappa shape index (κ2) is 6.95. The molecule has 8 nitrogen and oxygen atoms in total. The Morgan fingerprint density at radius 1 is 1.35 bits per heavy atom. The van der Waals surface area contributed by atoms with E-state index < -0.39 is 12.0 Å². The summed E-state index contributed by atoms with van der Waals surface area (Å²) in [6.07, 6.45) is -0.195. The fourth-order valence-corrected chi connectivity index (χ4v) is 2.83. The highest BCUT2D eigenvalue weighted by molar-refractivity contribution is 5.90. The van der Waals surface area contributed by atoms with Crippen molar-refractivity contribution in [1.29, 1.82) is 0 Å². The molecule has 0 spiro atoms. The molecule has 2 heterocycles. The number of amides is 1. The van der Waals surface area contributed by atoms with Gasteiger partial charge in [-0.15, -0.1) is 0 Å². The number of carbonyl (C=O) groups is 2. The number of aliphatic carboxylic acids is 1. The fourth-order valence-electron chi connectivity index (χ4n) is 2.83. The van der Waals surface area contributed by atoms with Crippen molar-refractivity contribution in [2.75, 3.05) is 0 Å². The van der Waals surface area contributed by atoms with Gasteiger partial charge in [-0.25, -0.2) is 9.37 Å². The smallest absolute Gasteiger partial charge is 0.311 e. The monoisotopic (exact) mass is 359 g/mol. The molecule has 0 bridgehead atoms. The van der Waals surface area contributed by atoms with E-state index >= 15 is 0 Å². The summed E-state index contributed by atoms with van der Waals surface area (Å²) in [5.74, 6) is -1.13. The summed E-state index contributed by atoms with van der Waals surface area (Å²) in [4.78, 5) is 30.3. The lowest BCUT2D eigenvalue weighted by molar-refractivity contribution is -0.136. The van der Waals surface area contributed by atoms with Crippen LogP contribution in [0.3, 0.4) is 0 Å². The Hall–Kier alpha value is -3.23. The number of hydrogen-bond donors (Lipinski definition) is 4. The summed E-state index contributed by atoms with van der Waals surface area (Å²) < 4.78 is 13.5. The summed E-state index contributed by atoms with van der Waals surface area (Å²) in [6, 6.07) is 3.91. The summed E-state index contributed by atoms with van der Waals surface area (Å²) in [7, 11) is 0. The van der Waals surface area contributed by atoms with Crippen molar-refractivity contribution in [2.24, 2.45) is 0 Å². The van der Waals surface area contributed by atoms with Gasteiger partial charge in [0.15, 0.2) is 5.82 Å². The van der Waals surface area contributed by atoms with Crippen LogP contribution in [0.25, 0.3) is 10.9 Å². The first kappa shape index (κ1) is 17.6. The maximum absolute atomic E-state index is 13.5. The molecular weight excluding hydrogens is 341 g/mol. The molecule has 1 aromatic carbocycles. The van der Waals surface area contributed by atoms with E-state index in [2.05, 4.69) is 25.5 Å². The van der Waals surface area contributed by atoms with Crippen LogP contribution in [0.15, 0.2) is 18.2 Å². The van der Waals surface area contributed by atoms with E-state index in [4.69, 9.17) is 5.11 Å². The van der Waals surface area contributed by atoms with Crippen molar-refractivity contribution in [3.63, 3.8) is 0 Å². The van der Waals surface area contributed by atoms with Gasteiger partial charge in [-0.2, -0.15) is 5.10 Å². The molecule has 0 aliphatic heterocycles. The molecule has 136 valence electrons. The van der Waals surface area contributed by atoms with Crippen molar-refractivity contribution in [3.8, 4) is 0 Å². The zero-order valence-corrected chi connectivity index (χ0v) is 14.3. The van der Waals surface area contributed by atoms with E-state index in [-0.39, 0.29) is 30.4 Å². The Labute approximate surface area is 147 Å². The molecule has 0 saturated carbocycles. The highest BCUT2D eigenvalue weighted by Crippen LogP contribution is 2.23. The molecule has 0 saturated heterocycles. The van der Waals surface area contributed by atoms with Crippen molar-refractivity contribution >= 4 is 22.8 Å². The van der Waals surface area contributed by atoms with Crippen LogP contribution >= 0.6 is 0 Å². The van der Waals surface area contributed by atoms with Crippen LogP contribution in [-0.2, 0) is 22.4 Å². The van der Waals surface area contributed by atoms with Crippen molar-refractivity contribution in [1.82, 2.24) is 25.5 Å². The maximum atomic E-state index is 13.5. The minimum Gasteiger partial charge on any atom is -0.481 e. The molecule has 0 aliphatic carbocycles. The van der Waals surface area contributed by atoms with Gasteiger partial charge in [-0.1, -0.05) is 0 Å². The number of halogens is 1. The lowest BCUT2D eigenvalue weighted by Gasteiger charge is -2.10. The van der Waals surface area contributed by atoms with Crippen molar-refractivity contribution in [3.05, 3.63) is 46.9 Å². The van der Waals surface area contributed by atoms with Crippen LogP contribution in [0.5, 0.6) is 0 Å². The molecule has 1 amide bonds. The molecule has 4 N–H and O–H groups in total. The molecule has 0 radical (unpaired) electrons. The second-order valence-electron chi connectivity index (χ2n) is 6.10. The van der Waals surface area contributed by atoms with Gasteiger partial charge in [-0.3, -0.25) is 14.7 Å². The van der Waals surface area contributed by atoms with Crippen LogP contribution < -0.4 is 5.32 Å². The highest BCUT2D eigenvalue weighted by Gasteiger charge is 2.18. The number of hydrogen-bond acceptors (Lipinski definition) is 4. The Morgan fingerprint density at radius 3 is 2.85 bits per heavy atom. The third-order valence-corrected chi connectivity index (χ3v) is 4.05. The van der Waals surface area contributed by atoms with Crippen LogP contribution in [0, 0.1) is 12.7 Å². The number of aryl methyl sites for hydroxylation is 1. The Balaban J connectivity index is 1.71. The van der Waals surface area contributed by atoms with E-state index in [1.807, 2.05) is 6.92 Å². The number of carboxylic acids is 1. The lowest BCUT2D eigenvalue weighted by Crippen LogP contribution is -2.29. The summed E-state index contributed by atoms with van der Waals surface area (Å²) in [5.41, 5.74) is 2.30. The van der Waals surface area contributed by atoms with Crippen molar-refractivity contribution in [2.45, 2.75) is 32.7 Å². The molecule has 3 aromatic rings. The number of benzene rings is 1. The molecule has 3 rings (SSSR count). The number of carboxylic acid groups (broad SMARTS) is 1. The number of fused-ring (bicyclic) bond motifs is 1. The molecular formula is C17H18FN5O3. The Bertz CT molecular complexity index is 978. The number of rotatable bonds is 6. The summed E-state index contributed by atoms with van der Waals surface area (Å²) in [5, 5.41) is 18.7. The number of aromatic amines is 2. The first-order chi connectivity index (χ1) is 12.3. The zero-order valence-electron chi connectivity index (χ0n) is 14.3. The van der Waals surface area contributed by atoms with E-state index in [1.54, 1.807) is 13.0 Å². The SMILES string of the molecule is Cc1[nH]c2ccc(F)cc2c1CC(=O)N[C@H](C)c1n[nH]c(CC(=O)O)n1. The van der Waals surface area contributed by atoms with Gasteiger partial charge < -0.3 is 15.4 Å². The standard InChI is InChI=1S/C17H18FN5O3/c1-8-11(12-5-10(18)3-4-13(12)19-8)6-15(24)20-9(2)17-21-14(22-23-17)7-16(25)26/h3-5,9,19H,6-7H2,1-2H3,(H,20,24)(H,25,26)(H,21,22,23)/t9-/m1/s1. The van der Waals surface area contributed by atoms with Gasteiger partial charge in [0.2, 0.25) is 5.91 Å². The van der Waals surface area contributed by atoms with E-state index in [9.17, 15) is 14.0 Å². The van der Waals surface area contributed by atoms with E-state index in [1.165, 1.54) is 12.1 Å². The molecule has 0 aliphatic rings. The van der Waals surface area contributed by atoms with Gasteiger partial charge >= 0.3 is 5.97 Å². The molecule has 1 atom stereocenters. The lowest BCUT2D eigenvalue weighted by atomic mass is 10.1. The molecule has 2 aromatic heterocycles. The number of aromatic nitrogens is 4. The molecule has 0 unspecified atom stereocenters. The molecule has 9 heteroatoms. The molecule has 0 fully saturated rings. The average Bonchev–Trinajstić information content (AvgIpc) is 3.12. The van der Waals surface area contributed by atoms with Gasteiger partial charge in [0.05, 0.1) is 12.5 Å². The third-order valence-electron chi connectivity index (χ3n) is 4.05. The van der Waals surface area contributed by atoms with Crippen molar-refractivity contribution < 1.29 is 19.1 Å². The third kappa shape index (κ3) is 3.71. The average molecular weight is 359 g/mol. The summed E-state index contributed by atoms with van der Waals surface area (Å²) >= 11 is 0. The predicted octanol–water partition coefficient (Wildman–Crippen LogP) is 1.78. The van der Waals surface area contributed by atoms with E-state index in [0.29, 0.717) is 11.2 Å².